The van der Waals surface area contributed by atoms with Gasteiger partial charge in [0.1, 0.15) is 80.5 Å². The number of aromatic nitrogens is 9. The summed E-state index contributed by atoms with van der Waals surface area (Å²) < 4.78 is 44.0. The van der Waals surface area contributed by atoms with Crippen molar-refractivity contribution in [2.45, 2.75) is 165 Å². The first-order valence-corrected chi connectivity index (χ1v) is 39.8. The molecule has 31 heteroatoms. The molecule has 3 aliphatic rings. The summed E-state index contributed by atoms with van der Waals surface area (Å²) in [5.41, 5.74) is -0.172. The second-order valence-electron chi connectivity index (χ2n) is 27.3. The van der Waals surface area contributed by atoms with Gasteiger partial charge in [-0.05, 0) is 34.4 Å². The molecule has 6 N–H and O–H groups in total. The van der Waals surface area contributed by atoms with E-state index in [1.165, 1.54) is 38.5 Å². The van der Waals surface area contributed by atoms with E-state index in [9.17, 15) is 58.5 Å². The van der Waals surface area contributed by atoms with Crippen LogP contribution in [0.5, 0.6) is 0 Å². The van der Waals surface area contributed by atoms with Gasteiger partial charge in [-0.1, -0.05) is 156 Å². The van der Waals surface area contributed by atoms with Crippen LogP contribution in [0.2, 0.25) is 39.3 Å². The van der Waals surface area contributed by atoms with Gasteiger partial charge in [-0.15, -0.1) is 0 Å². The van der Waals surface area contributed by atoms with Gasteiger partial charge in [0, 0.05) is 59.4 Å². The van der Waals surface area contributed by atoms with Crippen LogP contribution < -0.4 is 66.9 Å². The molecule has 0 radical (unpaired) electrons. The Morgan fingerprint density at radius 1 is 0.550 bits per heavy atom. The summed E-state index contributed by atoms with van der Waals surface area (Å²) in [7, 11) is 0.422. The van der Waals surface area contributed by atoms with Crippen LogP contribution in [0, 0.1) is 16.2 Å². The van der Waals surface area contributed by atoms with Crippen molar-refractivity contribution in [1.82, 2.24) is 33.6 Å². The first-order chi connectivity index (χ1) is 45.4. The molecule has 9 heterocycles. The Bertz CT molecular complexity index is 4250. The average Bonchev–Trinajstić information content (AvgIpc) is 1.48. The number of aryl methyl sites for hydroxylation is 2. The quantitative estimate of drug-likeness (QED) is 0.0250. The Labute approximate surface area is 614 Å². The molecule has 0 saturated carbocycles. The van der Waals surface area contributed by atoms with Gasteiger partial charge in [-0.25, -0.2) is 37.9 Å². The first-order valence-electron chi connectivity index (χ1n) is 31.4. The maximum absolute atomic E-state index is 12.8. The smallest absolute Gasteiger partial charge is 0.344 e. The van der Waals surface area contributed by atoms with Crippen molar-refractivity contribution in [3.05, 3.63) is 204 Å². The molecule has 548 valence electrons. The summed E-state index contributed by atoms with van der Waals surface area (Å²) in [5, 5.41) is 29.6. The second-order valence-corrected chi connectivity index (χ2v) is 38.1. The largest absolute Gasteiger partial charge is 1.00 e. The number of esters is 3. The summed E-state index contributed by atoms with van der Waals surface area (Å²) >= 11 is 1.97. The van der Waals surface area contributed by atoms with Gasteiger partial charge in [0.15, 0.2) is 24.8 Å². The van der Waals surface area contributed by atoms with Crippen LogP contribution in [0.25, 0.3) is 18.2 Å². The summed E-state index contributed by atoms with van der Waals surface area (Å²) in [6.07, 6.45) is 11.4. The summed E-state index contributed by atoms with van der Waals surface area (Å²) in [5.74, 6) is -1.72. The van der Waals surface area contributed by atoms with Crippen molar-refractivity contribution in [2.75, 3.05) is 19.8 Å². The normalized spacial score (nSPS) is 21.7. The van der Waals surface area contributed by atoms with E-state index in [0.29, 0.717) is 22.3 Å². The highest BCUT2D eigenvalue weighted by Crippen LogP contribution is 2.49. The third kappa shape index (κ3) is 21.2. The standard InChI is InChI=1S/C23H31N3O6Si.C22H29N3O6Si.C20H22IN3O6.C2H6.2CH4.HI/c1-23(2)18(32-20(29)16-8-7-10-25(3)12-16)17(14-27)31-21(23)26-13-15(9-11-33(4,5)6)19(28)24-22(26)30;1-22(2)17(31-19(28)14-7-6-9-23-11-14)16(13-26)30-20(22)25-12-15(8-10-32(3,4)5)18(27)24-21(25)29;1-20(2)15(30-17(27)13-5-4-8-23(3)9-13)14(11-25)29-18(20)24-10-12(6-7-21)16(26)22-19(24)28;1-2;;;/h7-13,17-18,21,27H,14H2,1-6H3;6-12,16-17,20,26H,13H2,1-5H3,(H,24,27,29);4-10,14-15,18,25H,11H2,1-3H3;1-2H3;2*1H4;1H/p+1/b11-9+;10-8+;7-6+;;;;. The lowest BCUT2D eigenvalue weighted by Gasteiger charge is -2.31. The SMILES string of the molecule is C.C.CC.CC1(C)C(OC(=O)c2cccnc2)C(CO)OC1n1cc(/C=C/[Si](C)(C)C)c(=O)[nH]c1=O.C[n+]1cccc(C(=O)OC2C(CO)OC(n3cc(/C=C/I)c(=O)[nH]c3=O)C2(C)C)c1.C[n+]1cccc(C(=O)OC2C(CO)OC(n3cc(/C=C/[Si](C)(C)C)c(=O)[nH]c3=O)C2(C)C)c1.[I-]. The van der Waals surface area contributed by atoms with Crippen LogP contribution in [0.15, 0.2) is 136 Å². The molecule has 9 unspecified atom stereocenters. The number of nitrogens with one attached hydrogen (secondary N) is 3. The minimum Gasteiger partial charge on any atom is -1.00 e. The Morgan fingerprint density at radius 3 is 1.12 bits per heavy atom. The van der Waals surface area contributed by atoms with Gasteiger partial charge in [0.2, 0.25) is 0 Å². The molecular formula is C69H98I2N9O18Si2+. The number of aromatic amines is 3. The minimum atomic E-state index is -1.58. The molecule has 0 bridgehead atoms. The molecule has 6 aromatic rings. The summed E-state index contributed by atoms with van der Waals surface area (Å²) in [4.78, 5) is 123. The number of hydrogen-bond acceptors (Lipinski definition) is 19. The molecule has 0 amide bonds. The first kappa shape index (κ1) is 87.0. The molecule has 0 aromatic carbocycles. The zero-order valence-corrected chi connectivity index (χ0v) is 64.2. The van der Waals surface area contributed by atoms with Gasteiger partial charge < -0.3 is 67.7 Å². The number of pyridine rings is 3. The molecule has 0 aliphatic carbocycles. The number of ether oxygens (including phenoxy) is 6. The van der Waals surface area contributed by atoms with Gasteiger partial charge in [-0.3, -0.25) is 48.0 Å². The third-order valence-corrected chi connectivity index (χ3v) is 18.7. The highest BCUT2D eigenvalue weighted by molar-refractivity contribution is 14.1. The van der Waals surface area contributed by atoms with Crippen molar-refractivity contribution in [1.29, 1.82) is 0 Å². The number of aliphatic hydroxyl groups is 3. The lowest BCUT2D eigenvalue weighted by atomic mass is 9.84. The van der Waals surface area contributed by atoms with Gasteiger partial charge >= 0.3 is 35.0 Å². The van der Waals surface area contributed by atoms with Crippen molar-refractivity contribution >= 4 is 74.9 Å². The molecule has 6 aromatic heterocycles. The molecule has 0 spiro atoms. The number of halogens is 2. The number of aliphatic hydroxyl groups excluding tert-OH is 3. The van der Waals surface area contributed by atoms with Crippen LogP contribution >= 0.6 is 22.6 Å². The third-order valence-electron chi connectivity index (χ3n) is 16.0. The average molecular weight is 1650 g/mol. The molecule has 9 rings (SSSR count). The topological polar surface area (TPSA) is 353 Å². The summed E-state index contributed by atoms with van der Waals surface area (Å²) in [6.45, 7) is 26.3. The van der Waals surface area contributed by atoms with E-state index in [0.717, 1.165) is 0 Å². The predicted molar refractivity (Wildman–Crippen MR) is 388 cm³/mol. The molecular weight excluding hydrogens is 1550 g/mol. The fourth-order valence-corrected chi connectivity index (χ4v) is 12.8. The molecule has 27 nitrogen and oxygen atoms in total. The van der Waals surface area contributed by atoms with E-state index in [1.807, 2.05) is 47.8 Å². The Balaban J connectivity index is 0.000000380. The van der Waals surface area contributed by atoms with Crippen LogP contribution in [0.3, 0.4) is 0 Å². The number of hydrogen-bond donors (Lipinski definition) is 6. The van der Waals surface area contributed by atoms with E-state index in [1.54, 1.807) is 154 Å². The van der Waals surface area contributed by atoms with Gasteiger partial charge in [-0.2, -0.15) is 0 Å². The van der Waals surface area contributed by atoms with Crippen LogP contribution in [-0.4, -0.2) is 139 Å². The number of H-pyrrole nitrogens is 3. The van der Waals surface area contributed by atoms with E-state index in [-0.39, 0.29) is 50.0 Å². The number of rotatable bonds is 17. The zero-order valence-electron chi connectivity index (χ0n) is 57.8. The monoisotopic (exact) mass is 1650 g/mol. The Hall–Kier alpha value is -7.23. The predicted octanol–water partition coefficient (Wildman–Crippen LogP) is 3.57. The van der Waals surface area contributed by atoms with Crippen molar-refractivity contribution < 1.29 is 91.2 Å². The number of nitrogens with zero attached hydrogens (tertiary/aromatic N) is 6. The lowest BCUT2D eigenvalue weighted by molar-refractivity contribution is -0.671. The van der Waals surface area contributed by atoms with Crippen LogP contribution in [0.4, 0.5) is 0 Å². The fourth-order valence-electron chi connectivity index (χ4n) is 11.0. The highest BCUT2D eigenvalue weighted by Gasteiger charge is 2.57. The lowest BCUT2D eigenvalue weighted by Crippen LogP contribution is -3.00. The molecule has 3 fully saturated rings. The number of carbonyl (C=O) groups excluding carboxylic acids is 3. The van der Waals surface area contributed by atoms with E-state index in [4.69, 9.17) is 28.4 Å². The fraction of sp³-hybridized carbons (Fsp3) is 0.478. The Morgan fingerprint density at radius 2 is 0.850 bits per heavy atom. The van der Waals surface area contributed by atoms with Crippen molar-refractivity contribution in [3.63, 3.8) is 0 Å². The van der Waals surface area contributed by atoms with Crippen LogP contribution in [-0.2, 0) is 42.5 Å². The zero-order chi connectivity index (χ0) is 72.3. The molecule has 9 atom stereocenters. The summed E-state index contributed by atoms with van der Waals surface area (Å²) in [6, 6.07) is 9.92. The van der Waals surface area contributed by atoms with E-state index in [2.05, 4.69) is 59.2 Å². The van der Waals surface area contributed by atoms with Crippen molar-refractivity contribution in [3.8, 4) is 0 Å². The highest BCUT2D eigenvalue weighted by atomic mass is 127. The van der Waals surface area contributed by atoms with Gasteiger partial charge in [0.25, 0.3) is 16.7 Å². The van der Waals surface area contributed by atoms with Gasteiger partial charge in [0.05, 0.1) is 58.2 Å². The maximum atomic E-state index is 12.8. The minimum absolute atomic E-state index is 0. The second kappa shape index (κ2) is 36.6. The van der Waals surface area contributed by atoms with E-state index < -0.39 is 159 Å². The maximum Gasteiger partial charge on any atom is 0.344 e. The number of carbonyl (C=O) groups is 3. The molecule has 3 saturated heterocycles. The Kier molecular flexibility index (Phi) is 31.8. The van der Waals surface area contributed by atoms with E-state index >= 15 is 0 Å². The molecule has 100 heavy (non-hydrogen) atoms. The van der Waals surface area contributed by atoms with Crippen molar-refractivity contribution in [2.24, 2.45) is 30.3 Å². The van der Waals surface area contributed by atoms with Crippen LogP contribution in [0.1, 0.15) is 137 Å². The molecule has 3 aliphatic heterocycles.